The fourth-order valence-electron chi connectivity index (χ4n) is 4.11. The molecule has 1 aliphatic heterocycles. The van der Waals surface area contributed by atoms with Crippen molar-refractivity contribution in [2.45, 2.75) is 36.1 Å². The van der Waals surface area contributed by atoms with Gasteiger partial charge in [0.1, 0.15) is 9.96 Å². The van der Waals surface area contributed by atoms with E-state index in [0.29, 0.717) is 30.3 Å². The van der Waals surface area contributed by atoms with Gasteiger partial charge in [-0.05, 0) is 67.1 Å². The van der Waals surface area contributed by atoms with Gasteiger partial charge in [0.15, 0.2) is 0 Å². The van der Waals surface area contributed by atoms with E-state index in [4.69, 9.17) is 0 Å². The van der Waals surface area contributed by atoms with Gasteiger partial charge in [0.2, 0.25) is 0 Å². The van der Waals surface area contributed by atoms with E-state index in [2.05, 4.69) is 4.90 Å². The first-order valence-corrected chi connectivity index (χ1v) is 12.9. The summed E-state index contributed by atoms with van der Waals surface area (Å²) in [7, 11) is -3.54. The molecule has 0 bridgehead atoms. The Morgan fingerprint density at radius 1 is 1.06 bits per heavy atom. The molecule has 170 valence electrons. The molecular weight excluding hydrogens is 444 g/mol. The molecule has 0 aliphatic carbocycles. The molecule has 4 rings (SSSR count). The minimum Gasteiger partial charge on any atom is -0.508 e. The number of benzene rings is 2. The number of piperazine rings is 1. The quantitative estimate of drug-likeness (QED) is 0.570. The molecule has 2 N–H and O–H groups in total. The lowest BCUT2D eigenvalue weighted by atomic mass is 9.97. The van der Waals surface area contributed by atoms with E-state index in [9.17, 15) is 18.6 Å². The van der Waals surface area contributed by atoms with Crippen LogP contribution in [0, 0.1) is 0 Å². The second-order valence-corrected chi connectivity index (χ2v) is 11.7. The number of hydrogen-bond donors (Lipinski definition) is 2. The third-order valence-electron chi connectivity index (χ3n) is 5.82. The van der Waals surface area contributed by atoms with Crippen LogP contribution in [0.4, 0.5) is 5.69 Å². The molecule has 6 nitrogen and oxygen atoms in total. The summed E-state index contributed by atoms with van der Waals surface area (Å²) in [6, 6.07) is 18.2. The third kappa shape index (κ3) is 4.83. The van der Waals surface area contributed by atoms with Crippen LogP contribution in [-0.4, -0.2) is 48.6 Å². The lowest BCUT2D eigenvalue weighted by Crippen LogP contribution is -2.55. The van der Waals surface area contributed by atoms with Crippen LogP contribution < -0.4 is 4.90 Å². The first-order valence-electron chi connectivity index (χ1n) is 10.6. The van der Waals surface area contributed by atoms with E-state index in [0.717, 1.165) is 16.8 Å². The van der Waals surface area contributed by atoms with Gasteiger partial charge < -0.3 is 15.1 Å². The van der Waals surface area contributed by atoms with Gasteiger partial charge in [0.05, 0.1) is 5.60 Å². The summed E-state index contributed by atoms with van der Waals surface area (Å²) in [5.74, 6) is 0.197. The Bertz CT molecular complexity index is 1150. The van der Waals surface area contributed by atoms with Crippen molar-refractivity contribution in [2.24, 2.45) is 0 Å². The number of phenolic OH excluding ortho intramolecular Hbond substituents is 1. The van der Waals surface area contributed by atoms with Crippen LogP contribution in [0.1, 0.15) is 25.0 Å². The van der Waals surface area contributed by atoms with E-state index < -0.39 is 15.6 Å². The molecule has 2 heterocycles. The highest BCUT2D eigenvalue weighted by atomic mass is 32.2. The largest absolute Gasteiger partial charge is 0.508 e. The molecule has 1 atom stereocenters. The van der Waals surface area contributed by atoms with Gasteiger partial charge in [-0.3, -0.25) is 0 Å². The Morgan fingerprint density at radius 3 is 2.44 bits per heavy atom. The smallest absolute Gasteiger partial charge is 0.252 e. The first kappa shape index (κ1) is 22.8. The Balaban J connectivity index is 1.63. The fourth-order valence-corrected chi connectivity index (χ4v) is 6.73. The van der Waals surface area contributed by atoms with E-state index in [1.807, 2.05) is 30.3 Å². The zero-order chi connectivity index (χ0) is 22.9. The van der Waals surface area contributed by atoms with Crippen LogP contribution in [0.5, 0.6) is 5.75 Å². The van der Waals surface area contributed by atoms with Crippen molar-refractivity contribution in [2.75, 3.05) is 24.5 Å². The topological polar surface area (TPSA) is 81.1 Å². The van der Waals surface area contributed by atoms with Crippen molar-refractivity contribution in [3.05, 3.63) is 77.2 Å². The Kier molecular flexibility index (Phi) is 6.31. The molecule has 8 heteroatoms. The highest BCUT2D eigenvalue weighted by molar-refractivity contribution is 7.91. The number of thiophene rings is 1. The monoisotopic (exact) mass is 472 g/mol. The molecule has 1 fully saturated rings. The van der Waals surface area contributed by atoms with Crippen molar-refractivity contribution >= 4 is 27.0 Å². The number of phenols is 1. The number of rotatable bonds is 6. The molecule has 0 amide bonds. The second kappa shape index (κ2) is 8.86. The van der Waals surface area contributed by atoms with E-state index in [-0.39, 0.29) is 11.8 Å². The number of aliphatic hydroxyl groups is 1. The Labute approximate surface area is 193 Å². The highest BCUT2D eigenvalue weighted by Gasteiger charge is 2.35. The van der Waals surface area contributed by atoms with Gasteiger partial charge in [0.25, 0.3) is 10.0 Å². The predicted octanol–water partition coefficient (Wildman–Crippen LogP) is 3.80. The summed E-state index contributed by atoms with van der Waals surface area (Å²) in [5, 5.41) is 21.9. The number of anilines is 1. The van der Waals surface area contributed by atoms with Crippen molar-refractivity contribution in [1.29, 1.82) is 0 Å². The summed E-state index contributed by atoms with van der Waals surface area (Å²) in [6.07, 6.45) is 0.595. The minimum atomic E-state index is -3.54. The maximum Gasteiger partial charge on any atom is 0.252 e. The average Bonchev–Trinajstić information content (AvgIpc) is 3.29. The summed E-state index contributed by atoms with van der Waals surface area (Å²) in [5.41, 5.74) is 1.83. The molecule has 1 aromatic heterocycles. The maximum atomic E-state index is 13.1. The van der Waals surface area contributed by atoms with Gasteiger partial charge in [-0.25, -0.2) is 8.42 Å². The third-order valence-corrected chi connectivity index (χ3v) is 9.06. The number of aromatic hydroxyl groups is 1. The van der Waals surface area contributed by atoms with Crippen molar-refractivity contribution < 1.29 is 18.6 Å². The summed E-state index contributed by atoms with van der Waals surface area (Å²) in [6.45, 7) is 4.80. The van der Waals surface area contributed by atoms with E-state index in [1.165, 1.54) is 11.3 Å². The van der Waals surface area contributed by atoms with Crippen LogP contribution in [0.15, 0.2) is 70.3 Å². The summed E-state index contributed by atoms with van der Waals surface area (Å²) in [4.78, 5) is 2.22. The van der Waals surface area contributed by atoms with Gasteiger partial charge in [-0.15, -0.1) is 11.3 Å². The number of hydrogen-bond acceptors (Lipinski definition) is 6. The highest BCUT2D eigenvalue weighted by Crippen LogP contribution is 2.30. The summed E-state index contributed by atoms with van der Waals surface area (Å²) < 4.78 is 28.2. The molecule has 1 aliphatic rings. The fraction of sp³-hybridized carbons (Fsp3) is 0.333. The summed E-state index contributed by atoms with van der Waals surface area (Å²) >= 11 is 1.23. The standard InChI is InChI=1S/C24H28N2O4S2/c1-24(2,28)19-8-10-20(11-9-19)26-13-12-25(32(29,30)23-7-4-14-31-23)17-21(26)15-18-5-3-6-22(27)16-18/h3-11,14,16,21,27-28H,12-13,15,17H2,1-2H3/t21-/m0/s1. The minimum absolute atomic E-state index is 0.103. The maximum absolute atomic E-state index is 13.1. The number of sulfonamides is 1. The Morgan fingerprint density at radius 2 is 1.81 bits per heavy atom. The molecule has 32 heavy (non-hydrogen) atoms. The molecule has 1 saturated heterocycles. The van der Waals surface area contributed by atoms with E-state index >= 15 is 0 Å². The SMILES string of the molecule is CC(C)(O)c1ccc(N2CCN(S(=O)(=O)c3cccs3)C[C@@H]2Cc2cccc(O)c2)cc1. The lowest BCUT2D eigenvalue weighted by molar-refractivity contribution is 0.0786. The Hall–Kier alpha value is -2.39. The van der Waals surface area contributed by atoms with Crippen LogP contribution in [0.2, 0.25) is 0 Å². The number of nitrogens with zero attached hydrogens (tertiary/aromatic N) is 2. The molecule has 3 aromatic rings. The predicted molar refractivity (Wildman–Crippen MR) is 128 cm³/mol. The van der Waals surface area contributed by atoms with Crippen molar-refractivity contribution in [3.8, 4) is 5.75 Å². The molecule has 0 spiro atoms. The zero-order valence-electron chi connectivity index (χ0n) is 18.2. The van der Waals surface area contributed by atoms with Crippen LogP contribution >= 0.6 is 11.3 Å². The van der Waals surface area contributed by atoms with Crippen LogP contribution in [0.25, 0.3) is 0 Å². The van der Waals surface area contributed by atoms with Crippen molar-refractivity contribution in [1.82, 2.24) is 4.31 Å². The normalized spacial score (nSPS) is 18.1. The van der Waals surface area contributed by atoms with Crippen LogP contribution in [-0.2, 0) is 22.0 Å². The molecular formula is C24H28N2O4S2. The van der Waals surface area contributed by atoms with Crippen molar-refractivity contribution in [3.63, 3.8) is 0 Å². The van der Waals surface area contributed by atoms with Gasteiger partial charge >= 0.3 is 0 Å². The molecule has 0 radical (unpaired) electrons. The zero-order valence-corrected chi connectivity index (χ0v) is 19.8. The molecule has 2 aromatic carbocycles. The second-order valence-electron chi connectivity index (χ2n) is 8.62. The lowest BCUT2D eigenvalue weighted by Gasteiger charge is -2.42. The average molecular weight is 473 g/mol. The van der Waals surface area contributed by atoms with Crippen LogP contribution in [0.3, 0.4) is 0 Å². The molecule has 0 saturated carbocycles. The van der Waals surface area contributed by atoms with E-state index in [1.54, 1.807) is 53.9 Å². The van der Waals surface area contributed by atoms with Gasteiger partial charge in [0, 0.05) is 31.4 Å². The molecule has 0 unspecified atom stereocenters. The van der Waals surface area contributed by atoms with Gasteiger partial charge in [-0.1, -0.05) is 30.3 Å². The van der Waals surface area contributed by atoms with Gasteiger partial charge in [-0.2, -0.15) is 4.31 Å². The first-order chi connectivity index (χ1) is 15.1.